The molecule has 0 amide bonds. The second-order valence-electron chi connectivity index (χ2n) is 4.78. The number of ether oxygens (including phenoxy) is 1. The first-order chi connectivity index (χ1) is 10.9. The molecule has 2 atom stereocenters. The molecule has 1 rings (SSSR count). The first-order valence-corrected chi connectivity index (χ1v) is 6.68. The topological polar surface area (TPSA) is 66.8 Å². The van der Waals surface area contributed by atoms with E-state index in [0.717, 1.165) is 0 Å². The molecule has 0 radical (unpaired) electrons. The summed E-state index contributed by atoms with van der Waals surface area (Å²) in [5.41, 5.74) is -5.02. The first kappa shape index (κ1) is 20.2. The van der Waals surface area contributed by atoms with Crippen molar-refractivity contribution in [3.8, 4) is 0 Å². The van der Waals surface area contributed by atoms with Crippen LogP contribution in [0.2, 0.25) is 0 Å². The van der Waals surface area contributed by atoms with E-state index in [2.05, 4.69) is 4.74 Å². The molecular formula is C14H14F6O4. The second kappa shape index (κ2) is 7.39. The van der Waals surface area contributed by atoms with Crippen LogP contribution in [-0.2, 0) is 21.9 Å². The van der Waals surface area contributed by atoms with E-state index in [1.807, 2.05) is 0 Å². The van der Waals surface area contributed by atoms with Gasteiger partial charge in [-0.2, -0.15) is 26.3 Å². The van der Waals surface area contributed by atoms with Crippen molar-refractivity contribution < 1.29 is 46.1 Å². The van der Waals surface area contributed by atoms with E-state index < -0.39 is 53.6 Å². The van der Waals surface area contributed by atoms with Crippen LogP contribution in [0.1, 0.15) is 36.1 Å². The summed E-state index contributed by atoms with van der Waals surface area (Å²) in [4.78, 5) is 11.2. The lowest BCUT2D eigenvalue weighted by Gasteiger charge is -2.25. The number of esters is 1. The molecule has 0 heterocycles. The molecule has 0 aliphatic carbocycles. The van der Waals surface area contributed by atoms with Gasteiger partial charge in [0, 0.05) is 5.56 Å². The van der Waals surface area contributed by atoms with E-state index in [1.54, 1.807) is 0 Å². The fourth-order valence-electron chi connectivity index (χ4n) is 2.07. The maximum absolute atomic E-state index is 13.0. The Bertz CT molecular complexity index is 549. The van der Waals surface area contributed by atoms with Gasteiger partial charge in [0.1, 0.15) is 6.10 Å². The van der Waals surface area contributed by atoms with Crippen molar-refractivity contribution in [1.29, 1.82) is 0 Å². The normalized spacial score (nSPS) is 15.0. The van der Waals surface area contributed by atoms with Crippen LogP contribution >= 0.6 is 0 Å². The Labute approximate surface area is 132 Å². The van der Waals surface area contributed by atoms with Crippen LogP contribution in [0.5, 0.6) is 0 Å². The third-order valence-corrected chi connectivity index (χ3v) is 3.06. The summed E-state index contributed by atoms with van der Waals surface area (Å²) in [7, 11) is 0. The highest BCUT2D eigenvalue weighted by Gasteiger charge is 2.43. The van der Waals surface area contributed by atoms with Crippen LogP contribution in [0, 0.1) is 0 Å². The smallest absolute Gasteiger partial charge is 0.416 e. The number of carbonyl (C=O) groups is 1. The Kier molecular flexibility index (Phi) is 6.23. The quantitative estimate of drug-likeness (QED) is 0.626. The third-order valence-electron chi connectivity index (χ3n) is 3.06. The van der Waals surface area contributed by atoms with Crippen molar-refractivity contribution in [1.82, 2.24) is 0 Å². The molecule has 0 fully saturated rings. The molecule has 24 heavy (non-hydrogen) atoms. The van der Waals surface area contributed by atoms with Crippen molar-refractivity contribution in [2.75, 3.05) is 6.61 Å². The SMILES string of the molecule is CCOC(=O)CC(O)C(O)c1c(C(F)(F)F)cccc1C(F)(F)F. The number of halogens is 6. The number of aliphatic hydroxyl groups excluding tert-OH is 2. The summed E-state index contributed by atoms with van der Waals surface area (Å²) in [6.07, 6.45) is -16.1. The van der Waals surface area contributed by atoms with Crippen molar-refractivity contribution in [2.24, 2.45) is 0 Å². The van der Waals surface area contributed by atoms with Gasteiger partial charge in [-0.05, 0) is 19.1 Å². The van der Waals surface area contributed by atoms with Crippen LogP contribution in [0.15, 0.2) is 18.2 Å². The Morgan fingerprint density at radius 3 is 1.92 bits per heavy atom. The molecule has 136 valence electrons. The predicted molar refractivity (Wildman–Crippen MR) is 68.7 cm³/mol. The molecule has 1 aromatic carbocycles. The monoisotopic (exact) mass is 360 g/mol. The molecule has 2 unspecified atom stereocenters. The van der Waals surface area contributed by atoms with Crippen LogP contribution < -0.4 is 0 Å². The van der Waals surface area contributed by atoms with Crippen molar-refractivity contribution in [2.45, 2.75) is 37.9 Å². The molecule has 4 nitrogen and oxygen atoms in total. The second-order valence-corrected chi connectivity index (χ2v) is 4.78. The van der Waals surface area contributed by atoms with Crippen LogP contribution in [0.4, 0.5) is 26.3 Å². The number of alkyl halides is 6. The molecule has 2 N–H and O–H groups in total. The number of carbonyl (C=O) groups excluding carboxylic acids is 1. The van der Waals surface area contributed by atoms with Gasteiger partial charge in [0.05, 0.1) is 30.3 Å². The average molecular weight is 360 g/mol. The summed E-state index contributed by atoms with van der Waals surface area (Å²) in [6.45, 7) is 1.32. The molecule has 0 aliphatic heterocycles. The zero-order chi connectivity index (χ0) is 18.7. The highest BCUT2D eigenvalue weighted by Crippen LogP contribution is 2.42. The van der Waals surface area contributed by atoms with Crippen LogP contribution in [-0.4, -0.2) is 28.9 Å². The van der Waals surface area contributed by atoms with Gasteiger partial charge in [0.15, 0.2) is 0 Å². The predicted octanol–water partition coefficient (Wildman–Crippen LogP) is 3.07. The molecule has 0 spiro atoms. The van der Waals surface area contributed by atoms with Gasteiger partial charge in [-0.15, -0.1) is 0 Å². The van der Waals surface area contributed by atoms with E-state index in [0.29, 0.717) is 18.2 Å². The van der Waals surface area contributed by atoms with E-state index in [-0.39, 0.29) is 6.61 Å². The summed E-state index contributed by atoms with van der Waals surface area (Å²) in [6, 6.07) is 1.25. The number of hydrogen-bond acceptors (Lipinski definition) is 4. The Balaban J connectivity index is 3.35. The fourth-order valence-corrected chi connectivity index (χ4v) is 2.07. The minimum absolute atomic E-state index is 0.103. The maximum atomic E-state index is 13.0. The van der Waals surface area contributed by atoms with Gasteiger partial charge < -0.3 is 14.9 Å². The molecule has 0 saturated carbocycles. The average Bonchev–Trinajstić information content (AvgIpc) is 2.43. The van der Waals surface area contributed by atoms with Gasteiger partial charge in [-0.3, -0.25) is 4.79 Å². The zero-order valence-electron chi connectivity index (χ0n) is 12.3. The number of rotatable bonds is 5. The summed E-state index contributed by atoms with van der Waals surface area (Å²) in [5.74, 6) is -1.07. The molecule has 0 aliphatic rings. The van der Waals surface area contributed by atoms with Gasteiger partial charge in [0.2, 0.25) is 0 Å². The molecule has 0 aromatic heterocycles. The van der Waals surface area contributed by atoms with Crippen molar-refractivity contribution in [3.05, 3.63) is 34.9 Å². The lowest BCUT2D eigenvalue weighted by Crippen LogP contribution is -2.28. The van der Waals surface area contributed by atoms with E-state index >= 15 is 0 Å². The van der Waals surface area contributed by atoms with Crippen molar-refractivity contribution >= 4 is 5.97 Å². The zero-order valence-corrected chi connectivity index (χ0v) is 12.3. The standard InChI is InChI=1S/C14H14F6O4/c1-2-24-10(22)6-9(21)12(23)11-7(13(15,16)17)4-3-5-8(11)14(18,19)20/h3-5,9,12,21,23H,2,6H2,1H3. The Hall–Kier alpha value is -1.81. The lowest BCUT2D eigenvalue weighted by atomic mass is 9.91. The molecule has 0 saturated heterocycles. The number of hydrogen-bond donors (Lipinski definition) is 2. The summed E-state index contributed by atoms with van der Waals surface area (Å²) < 4.78 is 82.3. The Morgan fingerprint density at radius 1 is 1.08 bits per heavy atom. The van der Waals surface area contributed by atoms with E-state index in [1.165, 1.54) is 6.92 Å². The van der Waals surface area contributed by atoms with E-state index in [9.17, 15) is 41.4 Å². The molecule has 10 heteroatoms. The minimum atomic E-state index is -5.19. The molecule has 0 bridgehead atoms. The van der Waals surface area contributed by atoms with Crippen LogP contribution in [0.25, 0.3) is 0 Å². The minimum Gasteiger partial charge on any atom is -0.466 e. The highest BCUT2D eigenvalue weighted by molar-refractivity contribution is 5.70. The Morgan fingerprint density at radius 2 is 1.54 bits per heavy atom. The van der Waals surface area contributed by atoms with Gasteiger partial charge in [0.25, 0.3) is 0 Å². The van der Waals surface area contributed by atoms with Gasteiger partial charge >= 0.3 is 18.3 Å². The number of benzene rings is 1. The maximum Gasteiger partial charge on any atom is 0.416 e. The molecular weight excluding hydrogens is 346 g/mol. The molecule has 1 aromatic rings. The number of aliphatic hydroxyl groups is 2. The first-order valence-electron chi connectivity index (χ1n) is 6.68. The summed E-state index contributed by atoms with van der Waals surface area (Å²) >= 11 is 0. The van der Waals surface area contributed by atoms with Gasteiger partial charge in [-0.25, -0.2) is 0 Å². The third kappa shape index (κ3) is 4.84. The highest BCUT2D eigenvalue weighted by atomic mass is 19.4. The van der Waals surface area contributed by atoms with Crippen molar-refractivity contribution in [3.63, 3.8) is 0 Å². The largest absolute Gasteiger partial charge is 0.466 e. The van der Waals surface area contributed by atoms with Crippen LogP contribution in [0.3, 0.4) is 0 Å². The van der Waals surface area contributed by atoms with E-state index in [4.69, 9.17) is 0 Å². The lowest BCUT2D eigenvalue weighted by molar-refractivity contribution is -0.150. The van der Waals surface area contributed by atoms with Gasteiger partial charge in [-0.1, -0.05) is 6.07 Å². The summed E-state index contributed by atoms with van der Waals surface area (Å²) in [5, 5.41) is 19.5. The fraction of sp³-hybridized carbons (Fsp3) is 0.500.